The van der Waals surface area contributed by atoms with Crippen molar-refractivity contribution in [2.45, 2.75) is 235 Å². The van der Waals surface area contributed by atoms with Crippen LogP contribution in [0.4, 0.5) is 0 Å². The highest BCUT2D eigenvalue weighted by Crippen LogP contribution is 2.26. The van der Waals surface area contributed by atoms with E-state index in [4.69, 9.17) is 28.4 Å². The van der Waals surface area contributed by atoms with E-state index >= 15 is 0 Å². The standard InChI is InChI=1S/C43H80O15/c1-3-5-7-9-11-13-14-15-16-17-18-20-22-24-26-35(46)56-31(28-53-34(45)25-23-21-19-12-10-8-6-4-2)29-54-42-41(52)39(50)37(48)33(58-42)30-55-43-40(51)38(49)36(47)32(27-44)57-43/h31-33,36-44,47-52H,3-30H2,1-2H3/t31-,32-,33-,36+,37+,38?,39?,40?,41?,42-,43-/m1/s1. The molecule has 0 bridgehead atoms. The second kappa shape index (κ2) is 32.2. The molecule has 11 atom stereocenters. The van der Waals surface area contributed by atoms with E-state index in [1.165, 1.54) is 89.9 Å². The Kier molecular flexibility index (Phi) is 29.3. The molecule has 58 heavy (non-hydrogen) atoms. The minimum atomic E-state index is -1.76. The molecule has 2 saturated heterocycles. The van der Waals surface area contributed by atoms with Gasteiger partial charge in [-0.1, -0.05) is 142 Å². The van der Waals surface area contributed by atoms with Crippen LogP contribution in [0.1, 0.15) is 168 Å². The SMILES string of the molecule is CCCCCCCCCCCCCCCCC(=O)O[C@H](COC(=O)CCCCCCCCCC)CO[C@@H]1O[C@H](CO[C@@H]2O[C@H](CO)[C@H](O)C(O)C2O)[C@H](O)C(O)C1O. The van der Waals surface area contributed by atoms with Crippen LogP contribution in [-0.4, -0.2) is 142 Å². The van der Waals surface area contributed by atoms with E-state index in [1.54, 1.807) is 0 Å². The summed E-state index contributed by atoms with van der Waals surface area (Å²) in [4.78, 5) is 25.5. The monoisotopic (exact) mass is 837 g/mol. The summed E-state index contributed by atoms with van der Waals surface area (Å²) in [6.45, 7) is 2.55. The Bertz CT molecular complexity index is 1030. The van der Waals surface area contributed by atoms with Gasteiger partial charge in [-0.3, -0.25) is 9.59 Å². The second-order valence-corrected chi connectivity index (χ2v) is 16.2. The molecule has 0 aromatic heterocycles. The molecule has 0 spiro atoms. The molecule has 0 aromatic rings. The number of ether oxygens (including phenoxy) is 6. The van der Waals surface area contributed by atoms with Gasteiger partial charge in [0.25, 0.3) is 0 Å². The fourth-order valence-electron chi connectivity index (χ4n) is 7.28. The van der Waals surface area contributed by atoms with Crippen molar-refractivity contribution in [3.05, 3.63) is 0 Å². The van der Waals surface area contributed by atoms with E-state index in [0.717, 1.165) is 38.5 Å². The number of hydrogen-bond acceptors (Lipinski definition) is 15. The highest BCUT2D eigenvalue weighted by Gasteiger charge is 2.47. The molecule has 0 saturated carbocycles. The lowest BCUT2D eigenvalue weighted by atomic mass is 9.98. The average Bonchev–Trinajstić information content (AvgIpc) is 3.21. The molecule has 15 heteroatoms. The number of esters is 2. The third-order valence-corrected chi connectivity index (χ3v) is 11.1. The van der Waals surface area contributed by atoms with Crippen molar-refractivity contribution in [2.24, 2.45) is 0 Å². The predicted octanol–water partition coefficient (Wildman–Crippen LogP) is 4.48. The van der Waals surface area contributed by atoms with Crippen LogP contribution in [0, 0.1) is 0 Å². The van der Waals surface area contributed by atoms with Crippen LogP contribution >= 0.6 is 0 Å². The van der Waals surface area contributed by atoms with E-state index in [1.807, 2.05) is 0 Å². The Morgan fingerprint density at radius 2 is 0.879 bits per heavy atom. The molecule has 2 rings (SSSR count). The molecular weight excluding hydrogens is 756 g/mol. The van der Waals surface area contributed by atoms with Crippen molar-refractivity contribution in [1.29, 1.82) is 0 Å². The molecule has 2 heterocycles. The lowest BCUT2D eigenvalue weighted by Gasteiger charge is -2.42. The third kappa shape index (κ3) is 21.3. The maximum Gasteiger partial charge on any atom is 0.306 e. The summed E-state index contributed by atoms with van der Waals surface area (Å²) in [6.07, 6.45) is 8.78. The summed E-state index contributed by atoms with van der Waals surface area (Å²) in [6, 6.07) is 0. The van der Waals surface area contributed by atoms with Crippen molar-refractivity contribution < 1.29 is 73.8 Å². The summed E-state index contributed by atoms with van der Waals surface area (Å²) in [5.41, 5.74) is 0. The molecule has 2 aliphatic heterocycles. The van der Waals surface area contributed by atoms with Crippen LogP contribution in [0.2, 0.25) is 0 Å². The summed E-state index contributed by atoms with van der Waals surface area (Å²) < 4.78 is 33.4. The third-order valence-electron chi connectivity index (χ3n) is 11.1. The van der Waals surface area contributed by atoms with Crippen LogP contribution in [0.25, 0.3) is 0 Å². The van der Waals surface area contributed by atoms with Crippen molar-refractivity contribution in [1.82, 2.24) is 0 Å². The minimum absolute atomic E-state index is 0.172. The quantitative estimate of drug-likeness (QED) is 0.0350. The Balaban J connectivity index is 1.85. The van der Waals surface area contributed by atoms with Crippen LogP contribution < -0.4 is 0 Å². The van der Waals surface area contributed by atoms with Crippen molar-refractivity contribution in [3.63, 3.8) is 0 Å². The molecule has 4 unspecified atom stereocenters. The van der Waals surface area contributed by atoms with Gasteiger partial charge in [0.15, 0.2) is 18.7 Å². The molecule has 0 amide bonds. The van der Waals surface area contributed by atoms with Gasteiger partial charge in [-0.25, -0.2) is 0 Å². The summed E-state index contributed by atoms with van der Waals surface area (Å²) in [5, 5.41) is 71.7. The topological polar surface area (TPSA) is 231 Å². The lowest BCUT2D eigenvalue weighted by molar-refractivity contribution is -0.332. The maximum atomic E-state index is 12.9. The molecule has 2 fully saturated rings. The zero-order valence-electron chi connectivity index (χ0n) is 35.5. The number of aliphatic hydroxyl groups is 7. The predicted molar refractivity (Wildman–Crippen MR) is 215 cm³/mol. The van der Waals surface area contributed by atoms with E-state index < -0.39 is 92.7 Å². The van der Waals surface area contributed by atoms with Crippen molar-refractivity contribution in [3.8, 4) is 0 Å². The maximum absolute atomic E-state index is 12.9. The van der Waals surface area contributed by atoms with Gasteiger partial charge in [0.2, 0.25) is 0 Å². The van der Waals surface area contributed by atoms with Gasteiger partial charge in [-0.15, -0.1) is 0 Å². The number of hydrogen-bond donors (Lipinski definition) is 7. The molecule has 15 nitrogen and oxygen atoms in total. The number of unbranched alkanes of at least 4 members (excludes halogenated alkanes) is 20. The highest BCUT2D eigenvalue weighted by atomic mass is 16.7. The second-order valence-electron chi connectivity index (χ2n) is 16.2. The first-order valence-corrected chi connectivity index (χ1v) is 22.6. The largest absolute Gasteiger partial charge is 0.462 e. The van der Waals surface area contributed by atoms with Crippen LogP contribution in [0.15, 0.2) is 0 Å². The number of rotatable bonds is 34. The number of carbonyl (C=O) groups excluding carboxylic acids is 2. The van der Waals surface area contributed by atoms with Gasteiger partial charge in [0.05, 0.1) is 19.8 Å². The number of carbonyl (C=O) groups is 2. The van der Waals surface area contributed by atoms with Gasteiger partial charge in [-0.05, 0) is 12.8 Å². The van der Waals surface area contributed by atoms with Gasteiger partial charge < -0.3 is 64.2 Å². The smallest absolute Gasteiger partial charge is 0.306 e. The van der Waals surface area contributed by atoms with Gasteiger partial charge >= 0.3 is 11.9 Å². The first kappa shape index (κ1) is 52.6. The Labute approximate surface area is 347 Å². The lowest BCUT2D eigenvalue weighted by Crippen LogP contribution is -2.61. The first-order valence-electron chi connectivity index (χ1n) is 22.6. The Morgan fingerprint density at radius 1 is 0.483 bits per heavy atom. The fraction of sp³-hybridized carbons (Fsp3) is 0.953. The summed E-state index contributed by atoms with van der Waals surface area (Å²) in [7, 11) is 0. The first-order chi connectivity index (χ1) is 28.0. The number of aliphatic hydroxyl groups excluding tert-OH is 7. The molecule has 0 aromatic carbocycles. The van der Waals surface area contributed by atoms with Gasteiger partial charge in [0.1, 0.15) is 55.4 Å². The molecule has 0 radical (unpaired) electrons. The fourth-order valence-corrected chi connectivity index (χ4v) is 7.28. The van der Waals surface area contributed by atoms with Gasteiger partial charge in [-0.2, -0.15) is 0 Å². The molecule has 7 N–H and O–H groups in total. The Morgan fingerprint density at radius 3 is 1.34 bits per heavy atom. The molecule has 342 valence electrons. The van der Waals surface area contributed by atoms with E-state index in [-0.39, 0.29) is 26.1 Å². The van der Waals surface area contributed by atoms with Gasteiger partial charge in [0, 0.05) is 12.8 Å². The minimum Gasteiger partial charge on any atom is -0.462 e. The summed E-state index contributed by atoms with van der Waals surface area (Å²) >= 11 is 0. The van der Waals surface area contributed by atoms with Crippen LogP contribution in [0.3, 0.4) is 0 Å². The van der Waals surface area contributed by atoms with E-state index in [2.05, 4.69) is 13.8 Å². The average molecular weight is 837 g/mol. The Hall–Kier alpha value is -1.50. The molecule has 2 aliphatic rings. The van der Waals surface area contributed by atoms with Crippen molar-refractivity contribution in [2.75, 3.05) is 26.4 Å². The summed E-state index contributed by atoms with van der Waals surface area (Å²) in [5.74, 6) is -0.921. The van der Waals surface area contributed by atoms with E-state index in [0.29, 0.717) is 12.8 Å². The van der Waals surface area contributed by atoms with Crippen LogP contribution in [0.5, 0.6) is 0 Å². The zero-order valence-corrected chi connectivity index (χ0v) is 35.5. The normalized spacial score (nSPS) is 28.0. The zero-order chi connectivity index (χ0) is 42.5. The molecule has 0 aliphatic carbocycles. The molecular formula is C43H80O15. The highest BCUT2D eigenvalue weighted by molar-refractivity contribution is 5.70. The van der Waals surface area contributed by atoms with Crippen LogP contribution in [-0.2, 0) is 38.0 Å². The van der Waals surface area contributed by atoms with Crippen molar-refractivity contribution >= 4 is 11.9 Å². The van der Waals surface area contributed by atoms with E-state index in [9.17, 15) is 45.3 Å².